The summed E-state index contributed by atoms with van der Waals surface area (Å²) < 4.78 is 19.2. The number of nitrogens with zero attached hydrogens (tertiary/aromatic N) is 1. The highest BCUT2D eigenvalue weighted by Crippen LogP contribution is 2.23. The summed E-state index contributed by atoms with van der Waals surface area (Å²) in [7, 11) is 0. The highest BCUT2D eigenvalue weighted by Gasteiger charge is 2.24. The molecule has 0 radical (unpaired) electrons. The van der Waals surface area contributed by atoms with Gasteiger partial charge in [-0.05, 0) is 31.7 Å². The Balaban J connectivity index is 1.96. The average molecular weight is 275 g/mol. The number of ether oxygens (including phenoxy) is 1. The van der Waals surface area contributed by atoms with Crippen LogP contribution in [0.25, 0.3) is 0 Å². The molecular weight excluding hydrogens is 257 g/mol. The summed E-state index contributed by atoms with van der Waals surface area (Å²) in [6, 6.07) is 7.88. The van der Waals surface area contributed by atoms with E-state index in [1.54, 1.807) is 12.1 Å². The van der Waals surface area contributed by atoms with Gasteiger partial charge in [-0.3, -0.25) is 4.79 Å². The largest absolute Gasteiger partial charge is 0.378 e. The second-order valence-corrected chi connectivity index (χ2v) is 5.08. The van der Waals surface area contributed by atoms with Crippen LogP contribution in [0.4, 0.5) is 4.39 Å². The van der Waals surface area contributed by atoms with Crippen LogP contribution >= 0.6 is 0 Å². The van der Waals surface area contributed by atoms with E-state index in [0.717, 1.165) is 25.9 Å². The first-order chi connectivity index (χ1) is 9.72. The van der Waals surface area contributed by atoms with Crippen LogP contribution in [0.3, 0.4) is 0 Å². The van der Waals surface area contributed by atoms with Gasteiger partial charge in [-0.1, -0.05) is 18.2 Å². The van der Waals surface area contributed by atoms with Crippen LogP contribution in [0, 0.1) is 17.1 Å². The molecule has 1 aromatic carbocycles. The molecule has 0 amide bonds. The lowest BCUT2D eigenvalue weighted by atomic mass is 9.91. The van der Waals surface area contributed by atoms with Gasteiger partial charge in [0, 0.05) is 18.6 Å². The maximum atomic E-state index is 13.7. The molecule has 1 fully saturated rings. The Morgan fingerprint density at radius 1 is 1.45 bits per heavy atom. The van der Waals surface area contributed by atoms with Crippen LogP contribution in [0.2, 0.25) is 0 Å². The van der Waals surface area contributed by atoms with Gasteiger partial charge in [-0.15, -0.1) is 0 Å². The van der Waals surface area contributed by atoms with Crippen molar-refractivity contribution in [2.24, 2.45) is 0 Å². The van der Waals surface area contributed by atoms with Gasteiger partial charge in [0.1, 0.15) is 11.7 Å². The molecule has 20 heavy (non-hydrogen) atoms. The molecule has 4 heteroatoms. The quantitative estimate of drug-likeness (QED) is 0.828. The molecule has 1 saturated heterocycles. The Morgan fingerprint density at radius 2 is 2.25 bits per heavy atom. The number of carbonyl (C=O) groups is 1. The number of carbonyl (C=O) groups excluding carboxylic acids is 1. The van der Waals surface area contributed by atoms with Gasteiger partial charge in [0.15, 0.2) is 5.78 Å². The monoisotopic (exact) mass is 275 g/mol. The molecule has 0 bridgehead atoms. The molecule has 106 valence electrons. The van der Waals surface area contributed by atoms with Crippen molar-refractivity contribution in [3.8, 4) is 6.07 Å². The molecule has 2 unspecified atom stereocenters. The first kappa shape index (κ1) is 14.7. The van der Waals surface area contributed by atoms with E-state index in [9.17, 15) is 9.18 Å². The molecule has 1 aliphatic rings. The third kappa shape index (κ3) is 3.64. The van der Waals surface area contributed by atoms with E-state index in [1.807, 2.05) is 6.07 Å². The number of rotatable bonds is 5. The number of hydrogen-bond acceptors (Lipinski definition) is 3. The van der Waals surface area contributed by atoms with Crippen molar-refractivity contribution in [3.63, 3.8) is 0 Å². The molecule has 0 N–H and O–H groups in total. The summed E-state index contributed by atoms with van der Waals surface area (Å²) in [6.07, 6.45) is 4.13. The normalized spacial score (nSPS) is 20.1. The van der Waals surface area contributed by atoms with E-state index in [0.29, 0.717) is 6.42 Å². The first-order valence-electron chi connectivity index (χ1n) is 7.00. The van der Waals surface area contributed by atoms with Crippen molar-refractivity contribution >= 4 is 5.78 Å². The second kappa shape index (κ2) is 7.16. The zero-order valence-corrected chi connectivity index (χ0v) is 11.3. The summed E-state index contributed by atoms with van der Waals surface area (Å²) in [5.41, 5.74) is 0.171. The van der Waals surface area contributed by atoms with Crippen LogP contribution < -0.4 is 0 Å². The van der Waals surface area contributed by atoms with Crippen LogP contribution in [0.1, 0.15) is 43.6 Å². The highest BCUT2D eigenvalue weighted by atomic mass is 19.1. The maximum Gasteiger partial charge on any atom is 0.154 e. The zero-order valence-electron chi connectivity index (χ0n) is 11.3. The lowest BCUT2D eigenvalue weighted by molar-refractivity contribution is -0.120. The number of ketones is 1. The Hall–Kier alpha value is -1.73. The van der Waals surface area contributed by atoms with E-state index in [1.165, 1.54) is 12.1 Å². The summed E-state index contributed by atoms with van der Waals surface area (Å²) in [4.78, 5) is 12.1. The van der Waals surface area contributed by atoms with Gasteiger partial charge in [0.05, 0.1) is 12.2 Å². The second-order valence-electron chi connectivity index (χ2n) is 5.08. The Labute approximate surface area is 118 Å². The molecular formula is C16H18FNO2. The standard InChI is InChI=1S/C16H18FNO2/c17-15-7-2-1-6-13(15)14(11-18)16(19)9-8-12-5-3-4-10-20-12/h1-2,6-7,12,14H,3-5,8-10H2. The summed E-state index contributed by atoms with van der Waals surface area (Å²) >= 11 is 0. The van der Waals surface area contributed by atoms with Crippen molar-refractivity contribution in [1.82, 2.24) is 0 Å². The molecule has 2 atom stereocenters. The van der Waals surface area contributed by atoms with Gasteiger partial charge in [-0.2, -0.15) is 5.26 Å². The van der Waals surface area contributed by atoms with Gasteiger partial charge >= 0.3 is 0 Å². The summed E-state index contributed by atoms with van der Waals surface area (Å²) in [5, 5.41) is 9.14. The number of nitriles is 1. The topological polar surface area (TPSA) is 50.1 Å². The van der Waals surface area contributed by atoms with Gasteiger partial charge in [0.2, 0.25) is 0 Å². The minimum atomic E-state index is -1.01. The smallest absolute Gasteiger partial charge is 0.154 e. The van der Waals surface area contributed by atoms with Gasteiger partial charge in [-0.25, -0.2) is 4.39 Å². The Bertz CT molecular complexity index is 503. The molecule has 0 saturated carbocycles. The number of hydrogen-bond donors (Lipinski definition) is 0. The fourth-order valence-corrected chi connectivity index (χ4v) is 2.51. The lowest BCUT2D eigenvalue weighted by Gasteiger charge is -2.22. The molecule has 3 nitrogen and oxygen atoms in total. The number of Topliss-reactive ketones (excluding diaryl/α,β-unsaturated/α-hetero) is 1. The third-order valence-corrected chi connectivity index (χ3v) is 3.65. The molecule has 0 spiro atoms. The first-order valence-corrected chi connectivity index (χ1v) is 7.00. The molecule has 1 aromatic rings. The van der Waals surface area contributed by atoms with E-state index in [4.69, 9.17) is 10.00 Å². The van der Waals surface area contributed by atoms with E-state index >= 15 is 0 Å². The highest BCUT2D eigenvalue weighted by molar-refractivity contribution is 5.88. The van der Waals surface area contributed by atoms with Crippen molar-refractivity contribution in [1.29, 1.82) is 5.26 Å². The Morgan fingerprint density at radius 3 is 2.90 bits per heavy atom. The van der Waals surface area contributed by atoms with Gasteiger partial charge < -0.3 is 4.74 Å². The SMILES string of the molecule is N#CC(C(=O)CCC1CCCCO1)c1ccccc1F. The van der Waals surface area contributed by atoms with Crippen molar-refractivity contribution in [2.75, 3.05) is 6.61 Å². The van der Waals surface area contributed by atoms with Crippen LogP contribution in [0.15, 0.2) is 24.3 Å². The van der Waals surface area contributed by atoms with E-state index in [2.05, 4.69) is 0 Å². The molecule has 1 aliphatic heterocycles. The molecule has 1 heterocycles. The Kier molecular flexibility index (Phi) is 5.25. The number of benzene rings is 1. The van der Waals surface area contributed by atoms with E-state index < -0.39 is 11.7 Å². The van der Waals surface area contributed by atoms with Crippen LogP contribution in [-0.4, -0.2) is 18.5 Å². The number of halogens is 1. The predicted molar refractivity (Wildman–Crippen MR) is 72.6 cm³/mol. The fourth-order valence-electron chi connectivity index (χ4n) is 2.51. The predicted octanol–water partition coefficient (Wildman–Crippen LogP) is 3.35. The molecule has 0 aliphatic carbocycles. The molecule has 0 aromatic heterocycles. The minimum Gasteiger partial charge on any atom is -0.378 e. The fraction of sp³-hybridized carbons (Fsp3) is 0.500. The third-order valence-electron chi connectivity index (χ3n) is 3.65. The lowest BCUT2D eigenvalue weighted by Crippen LogP contribution is -2.21. The van der Waals surface area contributed by atoms with Crippen molar-refractivity contribution < 1.29 is 13.9 Å². The summed E-state index contributed by atoms with van der Waals surface area (Å²) in [6.45, 7) is 0.744. The maximum absolute atomic E-state index is 13.7. The molecule has 2 rings (SSSR count). The minimum absolute atomic E-state index is 0.104. The average Bonchev–Trinajstić information content (AvgIpc) is 2.49. The van der Waals surface area contributed by atoms with Crippen LogP contribution in [-0.2, 0) is 9.53 Å². The van der Waals surface area contributed by atoms with Gasteiger partial charge in [0.25, 0.3) is 0 Å². The van der Waals surface area contributed by atoms with Crippen LogP contribution in [0.5, 0.6) is 0 Å². The summed E-state index contributed by atoms with van der Waals surface area (Å²) in [5.74, 6) is -1.74. The van der Waals surface area contributed by atoms with Crippen molar-refractivity contribution in [3.05, 3.63) is 35.6 Å². The van der Waals surface area contributed by atoms with E-state index in [-0.39, 0.29) is 23.9 Å². The zero-order chi connectivity index (χ0) is 14.4. The van der Waals surface area contributed by atoms with Crippen molar-refractivity contribution in [2.45, 2.75) is 44.1 Å².